The number of carbonyl (C=O) groups excluding carboxylic acids is 1. The van der Waals surface area contributed by atoms with Crippen molar-refractivity contribution in [1.29, 1.82) is 0 Å². The van der Waals surface area contributed by atoms with Gasteiger partial charge >= 0.3 is 5.97 Å². The van der Waals surface area contributed by atoms with Gasteiger partial charge in [-0.15, -0.1) is 0 Å². The van der Waals surface area contributed by atoms with E-state index in [1.165, 1.54) is 0 Å². The summed E-state index contributed by atoms with van der Waals surface area (Å²) in [7, 11) is 0. The number of rotatable bonds is 6. The first-order chi connectivity index (χ1) is 11.1. The molecule has 5 heteroatoms. The summed E-state index contributed by atoms with van der Waals surface area (Å²) in [6.45, 7) is 6.95. The van der Waals surface area contributed by atoms with Gasteiger partial charge in [-0.1, -0.05) is 55.9 Å². The number of unbranched alkanes of at least 4 members (excludes halogenated alkanes) is 1. The van der Waals surface area contributed by atoms with Crippen LogP contribution in [0.15, 0.2) is 30.3 Å². The topological polar surface area (TPSA) is 44.1 Å². The molecule has 1 aromatic carbocycles. The Morgan fingerprint density at radius 3 is 2.57 bits per heavy atom. The molecule has 0 unspecified atom stereocenters. The van der Waals surface area contributed by atoms with Crippen LogP contribution in [0.25, 0.3) is 11.4 Å². The number of esters is 1. The molecule has 0 N–H and O–H groups in total. The molecule has 0 amide bonds. The molecule has 4 nitrogen and oxygen atoms in total. The van der Waals surface area contributed by atoms with Crippen molar-refractivity contribution in [2.45, 2.75) is 40.2 Å². The van der Waals surface area contributed by atoms with E-state index in [1.807, 2.05) is 37.3 Å². The monoisotopic (exact) mass is 330 g/mol. The highest BCUT2D eigenvalue weighted by Crippen LogP contribution is 2.22. The Labute approximate surface area is 142 Å². The summed E-state index contributed by atoms with van der Waals surface area (Å²) in [6, 6.07) is 9.91. The van der Waals surface area contributed by atoms with Crippen molar-refractivity contribution in [3.8, 4) is 11.4 Å². The van der Waals surface area contributed by atoms with Gasteiger partial charge in [0.1, 0.15) is 16.0 Å². The van der Waals surface area contributed by atoms with Crippen molar-refractivity contribution in [3.63, 3.8) is 0 Å². The fraction of sp³-hybridized carbons (Fsp3) is 0.389. The van der Waals surface area contributed by atoms with Crippen LogP contribution in [0.4, 0.5) is 0 Å². The largest absolute Gasteiger partial charge is 0.462 e. The zero-order valence-electron chi connectivity index (χ0n) is 13.8. The third-order valence-corrected chi connectivity index (χ3v) is 3.99. The summed E-state index contributed by atoms with van der Waals surface area (Å²) in [5.74, 6) is 0.405. The third-order valence-electron chi connectivity index (χ3n) is 3.69. The Kier molecular flexibility index (Phi) is 6.04. The van der Waals surface area contributed by atoms with E-state index < -0.39 is 5.97 Å². The lowest BCUT2D eigenvalue weighted by molar-refractivity contribution is 0.0523. The fourth-order valence-electron chi connectivity index (χ4n) is 2.50. The molecule has 1 aromatic heterocycles. The molecule has 0 fully saturated rings. The Balaban J connectivity index is 2.64. The molecule has 0 radical (unpaired) electrons. The average molecular weight is 330 g/mol. The van der Waals surface area contributed by atoms with E-state index in [1.54, 1.807) is 6.92 Å². The minimum atomic E-state index is -0.396. The van der Waals surface area contributed by atoms with Crippen LogP contribution in [0.1, 0.15) is 42.7 Å². The Morgan fingerprint density at radius 2 is 1.96 bits per heavy atom. The lowest BCUT2D eigenvalue weighted by Gasteiger charge is -2.18. The van der Waals surface area contributed by atoms with Gasteiger partial charge in [-0.2, -0.15) is 0 Å². The van der Waals surface area contributed by atoms with Crippen LogP contribution in [0.3, 0.4) is 0 Å². The highest BCUT2D eigenvalue weighted by atomic mass is 32.1. The summed E-state index contributed by atoms with van der Waals surface area (Å²) in [6.07, 6.45) is 2.07. The standard InChI is InChI=1S/C18H22N2O2S/c1-4-6-12-20-13(3)15(18(21)22-5-2)17(23)19-16(20)14-10-8-7-9-11-14/h7-11H,4-6,12H2,1-3H3. The van der Waals surface area contributed by atoms with Crippen molar-refractivity contribution in [3.05, 3.63) is 46.2 Å². The molecule has 0 aliphatic carbocycles. The van der Waals surface area contributed by atoms with Crippen LogP contribution in [0.5, 0.6) is 0 Å². The van der Waals surface area contributed by atoms with Gasteiger partial charge in [0, 0.05) is 17.8 Å². The van der Waals surface area contributed by atoms with Gasteiger partial charge in [0.05, 0.1) is 6.61 Å². The number of hydrogen-bond acceptors (Lipinski definition) is 4. The van der Waals surface area contributed by atoms with Crippen LogP contribution < -0.4 is 0 Å². The van der Waals surface area contributed by atoms with Crippen LogP contribution in [-0.2, 0) is 11.3 Å². The van der Waals surface area contributed by atoms with Gasteiger partial charge in [-0.05, 0) is 20.3 Å². The fourth-order valence-corrected chi connectivity index (χ4v) is 2.81. The summed E-state index contributed by atoms with van der Waals surface area (Å²) in [5.41, 5.74) is 2.21. The van der Waals surface area contributed by atoms with Crippen molar-refractivity contribution in [2.24, 2.45) is 0 Å². The first-order valence-corrected chi connectivity index (χ1v) is 8.34. The van der Waals surface area contributed by atoms with Crippen molar-refractivity contribution in [1.82, 2.24) is 9.55 Å². The lowest BCUT2D eigenvalue weighted by atomic mass is 10.1. The predicted molar refractivity (Wildman–Crippen MR) is 94.1 cm³/mol. The maximum atomic E-state index is 12.2. The smallest absolute Gasteiger partial charge is 0.343 e. The molecular formula is C18H22N2O2S. The second kappa shape index (κ2) is 8.02. The highest BCUT2D eigenvalue weighted by molar-refractivity contribution is 7.71. The number of hydrogen-bond donors (Lipinski definition) is 0. The van der Waals surface area contributed by atoms with E-state index in [0.29, 0.717) is 16.8 Å². The van der Waals surface area contributed by atoms with E-state index in [-0.39, 0.29) is 0 Å². The molecule has 23 heavy (non-hydrogen) atoms. The maximum Gasteiger partial charge on any atom is 0.343 e. The first kappa shape index (κ1) is 17.3. The van der Waals surface area contributed by atoms with E-state index in [2.05, 4.69) is 16.5 Å². The van der Waals surface area contributed by atoms with Gasteiger partial charge in [0.25, 0.3) is 0 Å². The number of aromatic nitrogens is 2. The van der Waals surface area contributed by atoms with Gasteiger partial charge in [-0.3, -0.25) is 0 Å². The van der Waals surface area contributed by atoms with Gasteiger partial charge in [0.15, 0.2) is 0 Å². The van der Waals surface area contributed by atoms with Crippen LogP contribution >= 0.6 is 12.2 Å². The predicted octanol–water partition coefficient (Wildman–Crippen LogP) is 4.56. The van der Waals surface area contributed by atoms with Crippen LogP contribution in [0.2, 0.25) is 0 Å². The number of carbonyl (C=O) groups is 1. The lowest BCUT2D eigenvalue weighted by Crippen LogP contribution is -2.17. The third kappa shape index (κ3) is 3.85. The molecule has 1 heterocycles. The molecule has 2 aromatic rings. The minimum absolute atomic E-state index is 0.299. The molecule has 0 aliphatic rings. The number of benzene rings is 1. The SMILES string of the molecule is CCCCn1c(-c2ccccc2)nc(=S)c(C(=O)OCC)c1C. The maximum absolute atomic E-state index is 12.2. The van der Waals surface area contributed by atoms with E-state index >= 15 is 0 Å². The highest BCUT2D eigenvalue weighted by Gasteiger charge is 2.19. The second-order valence-electron chi connectivity index (χ2n) is 5.29. The zero-order chi connectivity index (χ0) is 16.8. The van der Waals surface area contributed by atoms with Crippen molar-refractivity contribution >= 4 is 18.2 Å². The second-order valence-corrected chi connectivity index (χ2v) is 5.68. The van der Waals surface area contributed by atoms with Crippen LogP contribution in [-0.4, -0.2) is 22.1 Å². The van der Waals surface area contributed by atoms with Crippen LogP contribution in [0, 0.1) is 11.6 Å². The molecule has 0 saturated heterocycles. The molecule has 0 atom stereocenters. The van der Waals surface area contributed by atoms with Crippen molar-refractivity contribution < 1.29 is 9.53 Å². The van der Waals surface area contributed by atoms with E-state index in [0.717, 1.165) is 36.5 Å². The summed E-state index contributed by atoms with van der Waals surface area (Å²) < 4.78 is 7.50. The zero-order valence-corrected chi connectivity index (χ0v) is 14.7. The molecule has 0 saturated carbocycles. The summed E-state index contributed by atoms with van der Waals surface area (Å²) >= 11 is 5.36. The van der Waals surface area contributed by atoms with Gasteiger partial charge in [-0.25, -0.2) is 9.78 Å². The van der Waals surface area contributed by atoms with Gasteiger partial charge in [0.2, 0.25) is 0 Å². The summed E-state index contributed by atoms with van der Waals surface area (Å²) in [5, 5.41) is 0. The number of nitrogens with zero attached hydrogens (tertiary/aromatic N) is 2. The quantitative estimate of drug-likeness (QED) is 0.575. The molecule has 2 rings (SSSR count). The summed E-state index contributed by atoms with van der Waals surface area (Å²) in [4.78, 5) is 16.8. The normalized spacial score (nSPS) is 10.6. The average Bonchev–Trinajstić information content (AvgIpc) is 2.54. The number of ether oxygens (including phenoxy) is 1. The minimum Gasteiger partial charge on any atom is -0.462 e. The van der Waals surface area contributed by atoms with Crippen molar-refractivity contribution in [2.75, 3.05) is 6.61 Å². The Hall–Kier alpha value is -2.01. The Morgan fingerprint density at radius 1 is 1.26 bits per heavy atom. The molecule has 0 aliphatic heterocycles. The Bertz CT molecular complexity index is 739. The molecule has 0 spiro atoms. The van der Waals surface area contributed by atoms with E-state index in [9.17, 15) is 4.79 Å². The molecular weight excluding hydrogens is 308 g/mol. The van der Waals surface area contributed by atoms with Gasteiger partial charge < -0.3 is 9.30 Å². The molecule has 122 valence electrons. The van der Waals surface area contributed by atoms with E-state index in [4.69, 9.17) is 17.0 Å². The molecule has 0 bridgehead atoms. The first-order valence-electron chi connectivity index (χ1n) is 7.94.